The molecule has 12 aromatic rings. The Morgan fingerprint density at radius 1 is 0.208 bits per heavy atom. The molecule has 16 rings (SSSR count). The predicted molar refractivity (Wildman–Crippen MR) is 372 cm³/mol. The van der Waals surface area contributed by atoms with Crippen LogP contribution in [0.25, 0.3) is 32.7 Å². The number of fused-ring (bicyclic) bond motifs is 2. The Morgan fingerprint density at radius 3 is 0.740 bits per heavy atom. The third-order valence-corrected chi connectivity index (χ3v) is 19.0. The standard InChI is InChI=1S/C88H74O4.4W/c1-7-67(8-2-59(1)39-63-15-25-71(26-16-63)50-81-55-89-81)43-75-34-38-86-78(47-75)35-36-79(46-70-23-13-62(14-24-70)42-66-21-31-74(32-22-66)53-84-58-92-84)88(86)87-54-77(45-69-11-5-61(6-12-69)41-65-19-29-73(30-20-65)52-83-57-91-83)49-80-48-76(33-37-85(80)87)44-68-9-3-60(4-10-68)40-64-17-27-72(28-18-64)51-82-56-90-82;;;;/h1-38,47-49,54-58,81-84H,39-46,50-53H2;;;;/q-4;;;;. The Bertz CT molecular complexity index is 4530. The Labute approximate surface area is 624 Å². The van der Waals surface area contributed by atoms with Crippen LogP contribution < -0.4 is 0 Å². The molecule has 8 heteroatoms. The average Bonchev–Trinajstić information content (AvgIpc) is 1.30. The van der Waals surface area contributed by atoms with Gasteiger partial charge >= 0.3 is 0 Å². The summed E-state index contributed by atoms with van der Waals surface area (Å²) in [5.41, 5.74) is 28.9. The third-order valence-electron chi connectivity index (χ3n) is 19.0. The van der Waals surface area contributed by atoms with Crippen molar-refractivity contribution >= 4 is 21.5 Å². The van der Waals surface area contributed by atoms with Gasteiger partial charge in [0.05, 0.1) is 0 Å². The van der Waals surface area contributed by atoms with Crippen molar-refractivity contribution in [3.05, 3.63) is 392 Å². The van der Waals surface area contributed by atoms with Crippen LogP contribution in [0.5, 0.6) is 0 Å². The molecule has 478 valence electrons. The second-order valence-electron chi connectivity index (χ2n) is 26.4. The molecule has 0 bridgehead atoms. The van der Waals surface area contributed by atoms with Crippen molar-refractivity contribution in [1.29, 1.82) is 0 Å². The largest absolute Gasteiger partial charge is 0.570 e. The van der Waals surface area contributed by atoms with E-state index in [0.29, 0.717) is 0 Å². The normalized spacial score (nSPS) is 16.4. The minimum Gasteiger partial charge on any atom is -0.570 e. The summed E-state index contributed by atoms with van der Waals surface area (Å²) in [5, 5.41) is 5.08. The molecule has 4 nitrogen and oxygen atoms in total. The van der Waals surface area contributed by atoms with Gasteiger partial charge in [-0.15, -0.1) is 0 Å². The second kappa shape index (κ2) is 32.2. The van der Waals surface area contributed by atoms with E-state index < -0.39 is 0 Å². The Balaban J connectivity index is 0.00000220. The fourth-order valence-electron chi connectivity index (χ4n) is 13.6. The number of hydrogen-bond acceptors (Lipinski definition) is 4. The summed E-state index contributed by atoms with van der Waals surface area (Å²) >= 11 is 0. The molecule has 0 spiro atoms. The molecule has 0 radical (unpaired) electrons. The first-order valence-corrected chi connectivity index (χ1v) is 33.0. The molecule has 4 unspecified atom stereocenters. The number of benzene rings is 12. The molecular weight excluding hydrogens is 1860 g/mol. The van der Waals surface area contributed by atoms with E-state index >= 15 is 0 Å². The molecule has 4 aliphatic heterocycles. The van der Waals surface area contributed by atoms with Crippen LogP contribution in [0.2, 0.25) is 0 Å². The summed E-state index contributed by atoms with van der Waals surface area (Å²) in [6, 6.07) is 97.6. The van der Waals surface area contributed by atoms with E-state index in [4.69, 9.17) is 18.9 Å². The molecule has 0 aliphatic carbocycles. The molecule has 96 heavy (non-hydrogen) atoms. The number of rotatable bonds is 25. The zero-order valence-electron chi connectivity index (χ0n) is 53.6. The zero-order chi connectivity index (χ0) is 61.2. The van der Waals surface area contributed by atoms with Crippen molar-refractivity contribution in [2.24, 2.45) is 0 Å². The zero-order valence-corrected chi connectivity index (χ0v) is 65.4. The van der Waals surface area contributed by atoms with Crippen LogP contribution in [-0.2, 0) is 180 Å². The topological polar surface area (TPSA) is 50.1 Å². The van der Waals surface area contributed by atoms with Crippen molar-refractivity contribution in [3.8, 4) is 11.1 Å². The van der Waals surface area contributed by atoms with E-state index in [2.05, 4.69) is 255 Å². The van der Waals surface area contributed by atoms with E-state index in [1.807, 2.05) is 26.4 Å². The number of epoxide rings is 4. The molecule has 4 aliphatic rings. The van der Waals surface area contributed by atoms with Crippen LogP contribution in [0.4, 0.5) is 0 Å². The monoisotopic (exact) mass is 1930 g/mol. The fourth-order valence-corrected chi connectivity index (χ4v) is 13.6. The molecule has 4 heterocycles. The van der Waals surface area contributed by atoms with Crippen LogP contribution in [0.3, 0.4) is 0 Å². The van der Waals surface area contributed by atoms with Gasteiger partial charge in [0.2, 0.25) is 0 Å². The summed E-state index contributed by atoms with van der Waals surface area (Å²) in [7, 11) is 0. The van der Waals surface area contributed by atoms with Crippen LogP contribution in [0.15, 0.2) is 255 Å². The number of ether oxygens (including phenoxy) is 4. The average molecular weight is 1930 g/mol. The maximum Gasteiger partial charge on any atom is 0 e. The van der Waals surface area contributed by atoms with Gasteiger partial charge in [0, 0.05) is 84.3 Å². The summed E-state index contributed by atoms with van der Waals surface area (Å²) in [5.74, 6) is 0. The predicted octanol–water partition coefficient (Wildman–Crippen LogP) is 18.8. The van der Waals surface area contributed by atoms with Gasteiger partial charge in [-0.2, -0.15) is 26.4 Å². The van der Waals surface area contributed by atoms with E-state index in [1.165, 1.54) is 144 Å². The van der Waals surface area contributed by atoms with E-state index in [0.717, 1.165) is 77.0 Å². The quantitative estimate of drug-likeness (QED) is 0.0423. The Morgan fingerprint density at radius 2 is 0.438 bits per heavy atom. The summed E-state index contributed by atoms with van der Waals surface area (Å²) in [6.45, 7) is 7.66. The van der Waals surface area contributed by atoms with Crippen LogP contribution in [-0.4, -0.2) is 24.4 Å². The van der Waals surface area contributed by atoms with Crippen molar-refractivity contribution in [2.45, 2.75) is 101 Å². The van der Waals surface area contributed by atoms with Crippen molar-refractivity contribution in [3.63, 3.8) is 0 Å². The first-order valence-electron chi connectivity index (χ1n) is 33.0. The fraction of sp³-hybridized carbons (Fsp3) is 0.182. The SMILES string of the molecule is [W].[W].[W].[W].c1cc(Cc2ccc3c(-c4c(Cc5ccc(Cc6ccc(CC7[CH-]O7)cc6)cc5)ccc5cc(Cc6ccc(Cc7ccc(CC8[CH-]O8)cc7)cc6)ccc45)cc(Cc4ccc(Cc5ccc(CC6[CH-]O6)cc5)cc4)cc3c2)ccc1Cc1ccc(CC2[CH-]O2)cc1. The van der Waals surface area contributed by atoms with E-state index in [1.54, 1.807) is 0 Å². The first kappa shape index (κ1) is 69.6. The second-order valence-corrected chi connectivity index (χ2v) is 26.4. The van der Waals surface area contributed by atoms with Gasteiger partial charge in [-0.05, 0) is 221 Å². The summed E-state index contributed by atoms with van der Waals surface area (Å²) in [4.78, 5) is 0. The molecule has 0 saturated carbocycles. The minimum atomic E-state index is 0. The minimum absolute atomic E-state index is 0. The van der Waals surface area contributed by atoms with Crippen molar-refractivity contribution in [2.75, 3.05) is 0 Å². The van der Waals surface area contributed by atoms with Gasteiger partial charge in [0.25, 0.3) is 0 Å². The Kier molecular flexibility index (Phi) is 23.3. The van der Waals surface area contributed by atoms with Gasteiger partial charge < -0.3 is 18.9 Å². The molecule has 0 N–H and O–H groups in total. The van der Waals surface area contributed by atoms with Crippen LogP contribution in [0.1, 0.15) is 111 Å². The van der Waals surface area contributed by atoms with Gasteiger partial charge in [0.1, 0.15) is 0 Å². The van der Waals surface area contributed by atoms with Crippen LogP contribution in [0, 0.1) is 26.4 Å². The smallest absolute Gasteiger partial charge is 0 e. The molecule has 4 fully saturated rings. The number of hydrogen-bond donors (Lipinski definition) is 0. The summed E-state index contributed by atoms with van der Waals surface area (Å²) < 4.78 is 21.5. The first-order chi connectivity index (χ1) is 45.3. The molecule has 0 aromatic heterocycles. The maximum atomic E-state index is 5.38. The maximum absolute atomic E-state index is 5.38. The molecule has 12 aromatic carbocycles. The van der Waals surface area contributed by atoms with Gasteiger partial charge in [-0.25, -0.2) is 0 Å². The Hall–Kier alpha value is -6.25. The van der Waals surface area contributed by atoms with E-state index in [9.17, 15) is 0 Å². The summed E-state index contributed by atoms with van der Waals surface area (Å²) in [6.07, 6.45) is 11.9. The van der Waals surface area contributed by atoms with Crippen molar-refractivity contribution in [1.82, 2.24) is 0 Å². The molecule has 4 saturated heterocycles. The van der Waals surface area contributed by atoms with Gasteiger partial charge in [0.15, 0.2) is 0 Å². The third kappa shape index (κ3) is 18.5. The molecular formula is C88H74O4W4-4. The molecule has 0 amide bonds. The van der Waals surface area contributed by atoms with Gasteiger partial charge in [-0.1, -0.05) is 279 Å². The molecule has 4 atom stereocenters. The van der Waals surface area contributed by atoms with E-state index in [-0.39, 0.29) is 109 Å². The van der Waals surface area contributed by atoms with Gasteiger partial charge in [-0.3, -0.25) is 0 Å². The van der Waals surface area contributed by atoms with Crippen LogP contribution >= 0.6 is 0 Å². The van der Waals surface area contributed by atoms with Crippen molar-refractivity contribution < 1.29 is 103 Å².